The molecule has 0 saturated carbocycles. The van der Waals surface area contributed by atoms with Crippen molar-refractivity contribution < 1.29 is 9.53 Å². The van der Waals surface area contributed by atoms with Crippen molar-refractivity contribution in [1.29, 1.82) is 0 Å². The molecular weight excluding hydrogens is 374 g/mol. The van der Waals surface area contributed by atoms with E-state index in [2.05, 4.69) is 10.3 Å². The van der Waals surface area contributed by atoms with Gasteiger partial charge in [0.25, 0.3) is 11.5 Å². The summed E-state index contributed by atoms with van der Waals surface area (Å²) in [4.78, 5) is 31.3. The third-order valence-electron chi connectivity index (χ3n) is 5.31. The first-order valence-electron chi connectivity index (χ1n) is 9.43. The molecule has 3 heterocycles. The molecule has 4 rings (SSSR count). The maximum absolute atomic E-state index is 13.0. The number of aromatic nitrogens is 2. The summed E-state index contributed by atoms with van der Waals surface area (Å²) in [6.07, 6.45) is 3.60. The number of benzene rings is 1. The lowest BCUT2D eigenvalue weighted by Gasteiger charge is -2.11. The number of hydrogen-bond acceptors (Lipinski definition) is 5. The lowest BCUT2D eigenvalue weighted by Crippen LogP contribution is -2.26. The second-order valence-corrected chi connectivity index (χ2v) is 8.33. The van der Waals surface area contributed by atoms with Gasteiger partial charge in [0.1, 0.15) is 4.83 Å². The summed E-state index contributed by atoms with van der Waals surface area (Å²) in [5, 5.41) is 3.46. The highest BCUT2D eigenvalue weighted by molar-refractivity contribution is 7.20. The Hall–Kier alpha value is -2.51. The van der Waals surface area contributed by atoms with Crippen LogP contribution in [0.5, 0.6) is 0 Å². The number of ether oxygens (including phenoxy) is 1. The smallest absolute Gasteiger partial charge is 0.266 e. The molecule has 1 aliphatic rings. The highest BCUT2D eigenvalue weighted by atomic mass is 32.1. The van der Waals surface area contributed by atoms with E-state index in [9.17, 15) is 9.59 Å². The molecule has 1 saturated heterocycles. The Kier molecular flexibility index (Phi) is 5.03. The molecule has 0 bridgehead atoms. The number of rotatable bonds is 4. The Morgan fingerprint density at radius 1 is 1.32 bits per heavy atom. The summed E-state index contributed by atoms with van der Waals surface area (Å²) in [6, 6.07) is 5.81. The molecule has 2 aromatic heterocycles. The molecule has 1 N–H and O–H groups in total. The fourth-order valence-electron chi connectivity index (χ4n) is 3.52. The van der Waals surface area contributed by atoms with Gasteiger partial charge in [-0.1, -0.05) is 6.07 Å². The number of thiophene rings is 1. The molecular formula is C21H23N3O3S. The summed E-state index contributed by atoms with van der Waals surface area (Å²) in [7, 11) is 0. The zero-order valence-corrected chi connectivity index (χ0v) is 17.1. The van der Waals surface area contributed by atoms with Gasteiger partial charge >= 0.3 is 0 Å². The zero-order valence-electron chi connectivity index (χ0n) is 16.2. The Balaban J connectivity index is 1.65. The number of amides is 1. The van der Waals surface area contributed by atoms with E-state index < -0.39 is 0 Å². The quantitative estimate of drug-likeness (QED) is 0.726. The minimum absolute atomic E-state index is 0.0587. The van der Waals surface area contributed by atoms with E-state index in [4.69, 9.17) is 4.74 Å². The van der Waals surface area contributed by atoms with Crippen molar-refractivity contribution in [2.24, 2.45) is 0 Å². The van der Waals surface area contributed by atoms with E-state index >= 15 is 0 Å². The number of aryl methyl sites for hydroxylation is 3. The highest BCUT2D eigenvalue weighted by Gasteiger charge is 2.22. The van der Waals surface area contributed by atoms with Crippen molar-refractivity contribution in [2.45, 2.75) is 46.3 Å². The molecule has 1 aliphatic heterocycles. The standard InChI is InChI=1S/C21H23N3O3S/c1-12-6-7-15(9-13(12)2)23-19(25)18-14(3)17-20(28-18)22-11-24(21(17)26)10-16-5-4-8-27-16/h6-7,9,11,16H,4-5,8,10H2,1-3H3,(H,23,25). The van der Waals surface area contributed by atoms with Crippen molar-refractivity contribution in [2.75, 3.05) is 11.9 Å². The summed E-state index contributed by atoms with van der Waals surface area (Å²) >= 11 is 1.26. The first-order valence-corrected chi connectivity index (χ1v) is 10.2. The molecule has 1 atom stereocenters. The van der Waals surface area contributed by atoms with Gasteiger partial charge in [-0.15, -0.1) is 11.3 Å². The highest BCUT2D eigenvalue weighted by Crippen LogP contribution is 2.28. The number of fused-ring (bicyclic) bond motifs is 1. The van der Waals surface area contributed by atoms with Crippen LogP contribution in [0.1, 0.15) is 39.2 Å². The Bertz CT molecular complexity index is 1110. The predicted octanol–water partition coefficient (Wildman–Crippen LogP) is 3.81. The number of carbonyl (C=O) groups excluding carboxylic acids is 1. The summed E-state index contributed by atoms with van der Waals surface area (Å²) < 4.78 is 7.23. The average molecular weight is 398 g/mol. The molecule has 0 aliphatic carbocycles. The van der Waals surface area contributed by atoms with Gasteiger partial charge in [-0.25, -0.2) is 4.98 Å². The van der Waals surface area contributed by atoms with Crippen LogP contribution >= 0.6 is 11.3 Å². The molecule has 1 unspecified atom stereocenters. The lowest BCUT2D eigenvalue weighted by molar-refractivity contribution is 0.0960. The molecule has 28 heavy (non-hydrogen) atoms. The largest absolute Gasteiger partial charge is 0.376 e. The second-order valence-electron chi connectivity index (χ2n) is 7.33. The van der Waals surface area contributed by atoms with Crippen LogP contribution in [-0.4, -0.2) is 28.2 Å². The van der Waals surface area contributed by atoms with E-state index in [0.29, 0.717) is 27.2 Å². The van der Waals surface area contributed by atoms with E-state index in [-0.39, 0.29) is 17.6 Å². The molecule has 6 nitrogen and oxygen atoms in total. The van der Waals surface area contributed by atoms with Crippen molar-refractivity contribution >= 4 is 33.1 Å². The first kappa shape index (κ1) is 18.8. The van der Waals surface area contributed by atoms with Crippen LogP contribution in [0.25, 0.3) is 10.2 Å². The van der Waals surface area contributed by atoms with Gasteiger partial charge in [-0.05, 0) is 62.4 Å². The van der Waals surface area contributed by atoms with Gasteiger partial charge in [-0.2, -0.15) is 0 Å². The minimum Gasteiger partial charge on any atom is -0.376 e. The van der Waals surface area contributed by atoms with Crippen molar-refractivity contribution in [3.8, 4) is 0 Å². The van der Waals surface area contributed by atoms with Crippen LogP contribution in [0.3, 0.4) is 0 Å². The predicted molar refractivity (Wildman–Crippen MR) is 111 cm³/mol. The molecule has 3 aromatic rings. The Morgan fingerprint density at radius 3 is 2.86 bits per heavy atom. The summed E-state index contributed by atoms with van der Waals surface area (Å²) in [6.45, 7) is 7.10. The number of hydrogen-bond donors (Lipinski definition) is 1. The van der Waals surface area contributed by atoms with E-state index in [1.807, 2.05) is 39.0 Å². The van der Waals surface area contributed by atoms with Crippen LogP contribution in [0.4, 0.5) is 5.69 Å². The molecule has 1 aromatic carbocycles. The van der Waals surface area contributed by atoms with Gasteiger partial charge in [0.15, 0.2) is 0 Å². The topological polar surface area (TPSA) is 73.2 Å². The summed E-state index contributed by atoms with van der Waals surface area (Å²) in [5.41, 5.74) is 3.60. The molecule has 0 spiro atoms. The van der Waals surface area contributed by atoms with Crippen LogP contribution < -0.4 is 10.9 Å². The third kappa shape index (κ3) is 3.47. The molecule has 0 radical (unpaired) electrons. The molecule has 1 fully saturated rings. The van der Waals surface area contributed by atoms with Crippen LogP contribution in [-0.2, 0) is 11.3 Å². The van der Waals surface area contributed by atoms with Crippen LogP contribution in [0, 0.1) is 20.8 Å². The van der Waals surface area contributed by atoms with Gasteiger partial charge in [0.05, 0.1) is 29.2 Å². The maximum atomic E-state index is 13.0. The lowest BCUT2D eigenvalue weighted by atomic mass is 10.1. The van der Waals surface area contributed by atoms with E-state index in [0.717, 1.165) is 30.7 Å². The monoisotopic (exact) mass is 397 g/mol. The van der Waals surface area contributed by atoms with Crippen molar-refractivity contribution in [3.05, 3.63) is 56.4 Å². The van der Waals surface area contributed by atoms with Crippen molar-refractivity contribution in [1.82, 2.24) is 9.55 Å². The van der Waals surface area contributed by atoms with Crippen LogP contribution in [0.2, 0.25) is 0 Å². The zero-order chi connectivity index (χ0) is 19.8. The first-order chi connectivity index (χ1) is 13.4. The summed E-state index contributed by atoms with van der Waals surface area (Å²) in [5.74, 6) is -0.214. The maximum Gasteiger partial charge on any atom is 0.266 e. The minimum atomic E-state index is -0.214. The van der Waals surface area contributed by atoms with Gasteiger partial charge < -0.3 is 10.1 Å². The fraction of sp³-hybridized carbons (Fsp3) is 0.381. The number of nitrogens with one attached hydrogen (secondary N) is 1. The van der Waals surface area contributed by atoms with Gasteiger partial charge in [0, 0.05) is 12.3 Å². The molecule has 146 valence electrons. The molecule has 1 amide bonds. The molecule has 7 heteroatoms. The normalized spacial score (nSPS) is 16.6. The Morgan fingerprint density at radius 2 is 2.14 bits per heavy atom. The number of nitrogens with zero attached hydrogens (tertiary/aromatic N) is 2. The fourth-order valence-corrected chi connectivity index (χ4v) is 4.56. The van der Waals surface area contributed by atoms with Gasteiger partial charge in [-0.3, -0.25) is 14.2 Å². The van der Waals surface area contributed by atoms with Crippen LogP contribution in [0.15, 0.2) is 29.3 Å². The average Bonchev–Trinajstić information content (AvgIpc) is 3.29. The Labute approximate surface area is 167 Å². The number of anilines is 1. The van der Waals surface area contributed by atoms with E-state index in [1.54, 1.807) is 10.9 Å². The number of carbonyl (C=O) groups is 1. The van der Waals surface area contributed by atoms with Crippen molar-refractivity contribution in [3.63, 3.8) is 0 Å². The van der Waals surface area contributed by atoms with E-state index in [1.165, 1.54) is 16.9 Å². The van der Waals surface area contributed by atoms with Gasteiger partial charge in [0.2, 0.25) is 0 Å². The second kappa shape index (κ2) is 7.48. The third-order valence-corrected chi connectivity index (χ3v) is 6.51. The SMILES string of the molecule is Cc1ccc(NC(=O)c2sc3ncn(CC4CCCO4)c(=O)c3c2C)cc1C.